The maximum Gasteiger partial charge on any atom is 0.270 e. The predicted octanol–water partition coefficient (Wildman–Crippen LogP) is 3.45. The van der Waals surface area contributed by atoms with Crippen LogP contribution in [0.4, 0.5) is 5.69 Å². The number of carbonyl (C=O) groups excluding carboxylic acids is 2. The second-order valence-corrected chi connectivity index (χ2v) is 7.13. The molecule has 2 heterocycles. The first kappa shape index (κ1) is 16.5. The Morgan fingerprint density at radius 1 is 1.17 bits per heavy atom. The highest BCUT2D eigenvalue weighted by atomic mass is 32.1. The second kappa shape index (κ2) is 6.67. The van der Waals surface area contributed by atoms with Gasteiger partial charge in [0.2, 0.25) is 0 Å². The highest BCUT2D eigenvalue weighted by Gasteiger charge is 2.34. The van der Waals surface area contributed by atoms with Crippen molar-refractivity contribution in [2.45, 2.75) is 20.3 Å². The van der Waals surface area contributed by atoms with E-state index in [0.717, 1.165) is 16.2 Å². The van der Waals surface area contributed by atoms with Crippen LogP contribution in [0.2, 0.25) is 0 Å². The average Bonchev–Trinajstić information content (AvgIpc) is 2.97. The fourth-order valence-electron chi connectivity index (χ4n) is 2.45. The molecule has 2 amide bonds. The van der Waals surface area contributed by atoms with Gasteiger partial charge in [0.25, 0.3) is 11.8 Å². The molecule has 0 atom stereocenters. The lowest BCUT2D eigenvalue weighted by molar-refractivity contribution is -0.122. The third-order valence-electron chi connectivity index (χ3n) is 3.75. The number of rotatable bonds is 3. The lowest BCUT2D eigenvalue weighted by Crippen LogP contribution is -2.54. The van der Waals surface area contributed by atoms with Crippen LogP contribution in [0.25, 0.3) is 6.08 Å². The molecule has 4 nitrogen and oxygen atoms in total. The summed E-state index contributed by atoms with van der Waals surface area (Å²) in [6, 6.07) is 11.4. The summed E-state index contributed by atoms with van der Waals surface area (Å²) in [6.45, 7) is 4.04. The molecule has 1 aliphatic rings. The van der Waals surface area contributed by atoms with Gasteiger partial charge in [-0.15, -0.1) is 11.3 Å². The predicted molar refractivity (Wildman–Crippen MR) is 101 cm³/mol. The fourth-order valence-corrected chi connectivity index (χ4v) is 3.55. The maximum absolute atomic E-state index is 12.8. The maximum atomic E-state index is 12.8. The molecule has 0 bridgehead atoms. The number of nitrogens with zero attached hydrogens (tertiary/aromatic N) is 1. The van der Waals surface area contributed by atoms with Crippen molar-refractivity contribution in [3.63, 3.8) is 0 Å². The summed E-state index contributed by atoms with van der Waals surface area (Å²) in [4.78, 5) is 28.4. The van der Waals surface area contributed by atoms with E-state index in [1.807, 2.05) is 43.3 Å². The lowest BCUT2D eigenvalue weighted by atomic mass is 10.1. The molecular formula is C18H16N2O2S2. The zero-order valence-corrected chi connectivity index (χ0v) is 15.0. The van der Waals surface area contributed by atoms with Crippen LogP contribution >= 0.6 is 23.6 Å². The van der Waals surface area contributed by atoms with Crippen molar-refractivity contribution in [3.8, 4) is 0 Å². The van der Waals surface area contributed by atoms with Crippen molar-refractivity contribution in [2.75, 3.05) is 4.90 Å². The van der Waals surface area contributed by atoms with Gasteiger partial charge < -0.3 is 0 Å². The van der Waals surface area contributed by atoms with Gasteiger partial charge >= 0.3 is 0 Å². The minimum atomic E-state index is -0.461. The molecule has 2 aromatic rings. The Balaban J connectivity index is 1.97. The molecule has 1 aromatic carbocycles. The molecule has 6 heteroatoms. The molecule has 0 saturated carbocycles. The number of hydrogen-bond donors (Lipinski definition) is 1. The van der Waals surface area contributed by atoms with Gasteiger partial charge in [-0.1, -0.05) is 19.1 Å². The molecule has 1 fully saturated rings. The normalized spacial score (nSPS) is 16.7. The molecule has 1 N–H and O–H groups in total. The van der Waals surface area contributed by atoms with Gasteiger partial charge in [0.1, 0.15) is 5.57 Å². The van der Waals surface area contributed by atoms with Gasteiger partial charge in [-0.2, -0.15) is 0 Å². The number of thiocarbonyl (C=S) groups is 1. The molecule has 122 valence electrons. The molecular weight excluding hydrogens is 340 g/mol. The second-order valence-electron chi connectivity index (χ2n) is 5.43. The number of hydrogen-bond acceptors (Lipinski definition) is 4. The quantitative estimate of drug-likeness (QED) is 0.521. The van der Waals surface area contributed by atoms with E-state index in [1.54, 1.807) is 6.08 Å². The molecule has 0 spiro atoms. The number of nitrogens with one attached hydrogen (secondary N) is 1. The molecule has 24 heavy (non-hydrogen) atoms. The Hall–Kier alpha value is -2.31. The number of thiophene rings is 1. The molecule has 0 radical (unpaired) electrons. The topological polar surface area (TPSA) is 49.4 Å². The van der Waals surface area contributed by atoms with Crippen LogP contribution in [-0.2, 0) is 16.0 Å². The van der Waals surface area contributed by atoms with Gasteiger partial charge in [0.15, 0.2) is 5.11 Å². The van der Waals surface area contributed by atoms with Crippen LogP contribution in [-0.4, -0.2) is 16.9 Å². The van der Waals surface area contributed by atoms with Crippen molar-refractivity contribution in [3.05, 3.63) is 57.3 Å². The number of anilines is 1. The van der Waals surface area contributed by atoms with Crippen LogP contribution in [0.15, 0.2) is 42.0 Å². The van der Waals surface area contributed by atoms with E-state index in [9.17, 15) is 9.59 Å². The smallest absolute Gasteiger partial charge is 0.270 e. The zero-order chi connectivity index (χ0) is 17.3. The van der Waals surface area contributed by atoms with Crippen LogP contribution in [0, 0.1) is 6.92 Å². The van der Waals surface area contributed by atoms with Gasteiger partial charge in [-0.05, 0) is 61.5 Å². The van der Waals surface area contributed by atoms with E-state index < -0.39 is 11.8 Å². The number of carbonyl (C=O) groups is 2. The SMILES string of the molecule is CCc1ccc(N2C(=O)C(=Cc3ccc(C)s3)C(=O)NC2=S)cc1. The molecule has 1 aliphatic heterocycles. The van der Waals surface area contributed by atoms with Crippen LogP contribution < -0.4 is 10.2 Å². The van der Waals surface area contributed by atoms with E-state index >= 15 is 0 Å². The van der Waals surface area contributed by atoms with Crippen molar-refractivity contribution < 1.29 is 9.59 Å². The van der Waals surface area contributed by atoms with Crippen molar-refractivity contribution in [2.24, 2.45) is 0 Å². The summed E-state index contributed by atoms with van der Waals surface area (Å²) in [6.07, 6.45) is 2.53. The zero-order valence-electron chi connectivity index (χ0n) is 13.3. The summed E-state index contributed by atoms with van der Waals surface area (Å²) in [5.41, 5.74) is 1.91. The monoisotopic (exact) mass is 356 g/mol. The largest absolute Gasteiger partial charge is 0.298 e. The Labute approximate surface area is 149 Å². The Kier molecular flexibility index (Phi) is 4.59. The minimum absolute atomic E-state index is 0.0880. The summed E-state index contributed by atoms with van der Waals surface area (Å²) < 4.78 is 0. The molecule has 0 aliphatic carbocycles. The Morgan fingerprint density at radius 2 is 1.88 bits per heavy atom. The third-order valence-corrected chi connectivity index (χ3v) is 4.98. The van der Waals surface area contributed by atoms with Gasteiger partial charge in [-0.25, -0.2) is 0 Å². The van der Waals surface area contributed by atoms with E-state index in [4.69, 9.17) is 12.2 Å². The molecule has 1 aromatic heterocycles. The van der Waals surface area contributed by atoms with Crippen molar-refractivity contribution in [1.29, 1.82) is 0 Å². The number of amides is 2. The first-order chi connectivity index (χ1) is 11.5. The van der Waals surface area contributed by atoms with E-state index in [-0.39, 0.29) is 10.7 Å². The molecule has 1 saturated heterocycles. The molecule has 0 unspecified atom stereocenters. The van der Waals surface area contributed by atoms with Crippen LogP contribution in [0.5, 0.6) is 0 Å². The standard InChI is InChI=1S/C18H16N2O2S2/c1-3-12-5-7-13(8-6-12)20-17(22)15(16(21)19-18(20)23)10-14-9-4-11(2)24-14/h4-10H,3H2,1-2H3,(H,19,21,23). The van der Waals surface area contributed by atoms with Crippen LogP contribution in [0.3, 0.4) is 0 Å². The van der Waals surface area contributed by atoms with Crippen LogP contribution in [0.1, 0.15) is 22.2 Å². The van der Waals surface area contributed by atoms with Crippen molar-refractivity contribution >= 4 is 52.2 Å². The summed E-state index contributed by atoms with van der Waals surface area (Å²) in [5.74, 6) is -0.864. The summed E-state index contributed by atoms with van der Waals surface area (Å²) in [5, 5.41) is 2.70. The van der Waals surface area contributed by atoms with Crippen molar-refractivity contribution in [1.82, 2.24) is 5.32 Å². The lowest BCUT2D eigenvalue weighted by Gasteiger charge is -2.29. The number of aryl methyl sites for hydroxylation is 2. The van der Waals surface area contributed by atoms with Gasteiger partial charge in [0, 0.05) is 9.75 Å². The summed E-state index contributed by atoms with van der Waals surface area (Å²) in [7, 11) is 0. The minimum Gasteiger partial charge on any atom is -0.298 e. The Morgan fingerprint density at radius 3 is 2.46 bits per heavy atom. The summed E-state index contributed by atoms with van der Waals surface area (Å²) >= 11 is 6.72. The highest BCUT2D eigenvalue weighted by molar-refractivity contribution is 7.80. The first-order valence-corrected chi connectivity index (χ1v) is 8.79. The van der Waals surface area contributed by atoms with Gasteiger partial charge in [-0.3, -0.25) is 19.8 Å². The fraction of sp³-hybridized carbons (Fsp3) is 0.167. The highest BCUT2D eigenvalue weighted by Crippen LogP contribution is 2.24. The first-order valence-electron chi connectivity index (χ1n) is 7.56. The van der Waals surface area contributed by atoms with E-state index in [2.05, 4.69) is 12.2 Å². The third kappa shape index (κ3) is 3.16. The van der Waals surface area contributed by atoms with E-state index in [1.165, 1.54) is 21.8 Å². The average molecular weight is 356 g/mol. The molecule has 3 rings (SSSR count). The van der Waals surface area contributed by atoms with Gasteiger partial charge in [0.05, 0.1) is 5.69 Å². The van der Waals surface area contributed by atoms with E-state index in [0.29, 0.717) is 5.69 Å². The number of benzene rings is 1. The Bertz CT molecular complexity index is 850.